The van der Waals surface area contributed by atoms with Crippen LogP contribution in [-0.2, 0) is 11.2 Å². The van der Waals surface area contributed by atoms with Crippen molar-refractivity contribution in [1.29, 1.82) is 5.26 Å². The van der Waals surface area contributed by atoms with Crippen LogP contribution in [0.4, 0.5) is 5.69 Å². The Hall–Kier alpha value is -3.07. The zero-order valence-corrected chi connectivity index (χ0v) is 14.8. The van der Waals surface area contributed by atoms with Crippen LogP contribution in [0.2, 0.25) is 0 Å². The van der Waals surface area contributed by atoms with E-state index in [0.29, 0.717) is 30.1 Å². The van der Waals surface area contributed by atoms with Crippen molar-refractivity contribution in [3.63, 3.8) is 0 Å². The van der Waals surface area contributed by atoms with E-state index >= 15 is 0 Å². The van der Waals surface area contributed by atoms with Crippen molar-refractivity contribution in [2.24, 2.45) is 0 Å². The molecule has 6 heteroatoms. The normalized spacial score (nSPS) is 16.4. The smallest absolute Gasteiger partial charge is 0.233 e. The van der Waals surface area contributed by atoms with Crippen LogP contribution in [-0.4, -0.2) is 42.0 Å². The summed E-state index contributed by atoms with van der Waals surface area (Å²) < 4.78 is 5.13. The van der Waals surface area contributed by atoms with Gasteiger partial charge in [0.05, 0.1) is 18.8 Å². The van der Waals surface area contributed by atoms with Crippen LogP contribution in [0.5, 0.6) is 5.88 Å². The van der Waals surface area contributed by atoms with Crippen molar-refractivity contribution in [3.05, 3.63) is 53.7 Å². The lowest BCUT2D eigenvalue weighted by Gasteiger charge is -2.18. The molecule has 3 rings (SSSR count). The number of carbonyl (C=O) groups is 1. The Labute approximate surface area is 153 Å². The van der Waals surface area contributed by atoms with Gasteiger partial charge in [0.25, 0.3) is 0 Å². The van der Waals surface area contributed by atoms with Gasteiger partial charge >= 0.3 is 0 Å². The molecule has 1 aliphatic heterocycles. The summed E-state index contributed by atoms with van der Waals surface area (Å²) in [4.78, 5) is 18.2. The summed E-state index contributed by atoms with van der Waals surface area (Å²) in [6, 6.07) is 14.1. The summed E-state index contributed by atoms with van der Waals surface area (Å²) >= 11 is 0. The van der Waals surface area contributed by atoms with Crippen molar-refractivity contribution in [1.82, 2.24) is 9.88 Å². The molecule has 1 N–H and O–H groups in total. The Morgan fingerprint density at radius 3 is 2.88 bits per heavy atom. The molecule has 1 aliphatic rings. The van der Waals surface area contributed by atoms with Crippen molar-refractivity contribution < 1.29 is 9.53 Å². The molecule has 26 heavy (non-hydrogen) atoms. The first-order valence-corrected chi connectivity index (χ1v) is 8.72. The number of methoxy groups -OCH3 is 1. The molecule has 0 bridgehead atoms. The SMILES string of the molecule is COc1nccc(N[C@@H]2CC(=O)N(CCCc3ccccc3)C2)c1C#N. The molecule has 0 spiro atoms. The second-order valence-corrected chi connectivity index (χ2v) is 6.33. The Morgan fingerprint density at radius 2 is 2.15 bits per heavy atom. The largest absolute Gasteiger partial charge is 0.480 e. The highest BCUT2D eigenvalue weighted by molar-refractivity contribution is 5.80. The zero-order valence-electron chi connectivity index (χ0n) is 14.8. The van der Waals surface area contributed by atoms with Gasteiger partial charge in [-0.05, 0) is 24.5 Å². The van der Waals surface area contributed by atoms with Gasteiger partial charge in [0.15, 0.2) is 0 Å². The number of ether oxygens (including phenoxy) is 1. The van der Waals surface area contributed by atoms with Gasteiger partial charge in [0.1, 0.15) is 11.6 Å². The predicted molar refractivity (Wildman–Crippen MR) is 98.9 cm³/mol. The number of nitrogens with one attached hydrogen (secondary N) is 1. The molecule has 0 saturated carbocycles. The molecule has 2 aromatic rings. The number of rotatable bonds is 7. The summed E-state index contributed by atoms with van der Waals surface area (Å²) in [5.41, 5.74) is 2.31. The Morgan fingerprint density at radius 1 is 1.35 bits per heavy atom. The highest BCUT2D eigenvalue weighted by Gasteiger charge is 2.29. The Kier molecular flexibility index (Phi) is 5.69. The van der Waals surface area contributed by atoms with Crippen molar-refractivity contribution in [2.45, 2.75) is 25.3 Å². The van der Waals surface area contributed by atoms with Crippen LogP contribution >= 0.6 is 0 Å². The van der Waals surface area contributed by atoms with E-state index in [1.165, 1.54) is 12.7 Å². The van der Waals surface area contributed by atoms with Gasteiger partial charge in [-0.25, -0.2) is 4.98 Å². The van der Waals surface area contributed by atoms with E-state index in [0.717, 1.165) is 19.4 Å². The summed E-state index contributed by atoms with van der Waals surface area (Å²) in [6.07, 6.45) is 3.93. The van der Waals surface area contributed by atoms with Crippen molar-refractivity contribution >= 4 is 11.6 Å². The van der Waals surface area contributed by atoms with E-state index in [9.17, 15) is 10.1 Å². The Bertz CT molecular complexity index is 801. The monoisotopic (exact) mass is 350 g/mol. The third-order valence-corrected chi connectivity index (χ3v) is 4.53. The number of aromatic nitrogens is 1. The highest BCUT2D eigenvalue weighted by Crippen LogP contribution is 2.25. The number of likely N-dealkylation sites (tertiary alicyclic amines) is 1. The van der Waals surface area contributed by atoms with E-state index in [-0.39, 0.29) is 11.9 Å². The third-order valence-electron chi connectivity index (χ3n) is 4.53. The fourth-order valence-corrected chi connectivity index (χ4v) is 3.25. The van der Waals surface area contributed by atoms with Crippen LogP contribution in [0.3, 0.4) is 0 Å². The summed E-state index contributed by atoms with van der Waals surface area (Å²) in [5.74, 6) is 0.441. The molecule has 0 unspecified atom stereocenters. The van der Waals surface area contributed by atoms with Crippen molar-refractivity contribution in [2.75, 3.05) is 25.5 Å². The minimum Gasteiger partial charge on any atom is -0.480 e. The summed E-state index contributed by atoms with van der Waals surface area (Å²) in [6.45, 7) is 1.39. The van der Waals surface area contributed by atoms with Crippen LogP contribution in [0.15, 0.2) is 42.6 Å². The number of pyridine rings is 1. The first kappa shape index (κ1) is 17.7. The van der Waals surface area contributed by atoms with Crippen molar-refractivity contribution in [3.8, 4) is 11.9 Å². The molecule has 1 aromatic carbocycles. The van der Waals surface area contributed by atoms with Gasteiger partial charge in [0.2, 0.25) is 11.8 Å². The first-order chi connectivity index (χ1) is 12.7. The van der Waals surface area contributed by atoms with E-state index in [1.807, 2.05) is 23.1 Å². The second kappa shape index (κ2) is 8.34. The molecule has 1 amide bonds. The fourth-order valence-electron chi connectivity index (χ4n) is 3.25. The average molecular weight is 350 g/mol. The lowest BCUT2D eigenvalue weighted by Crippen LogP contribution is -2.29. The molecule has 134 valence electrons. The van der Waals surface area contributed by atoms with Gasteiger partial charge < -0.3 is 15.0 Å². The highest BCUT2D eigenvalue weighted by atomic mass is 16.5. The van der Waals surface area contributed by atoms with E-state index < -0.39 is 0 Å². The standard InChI is InChI=1S/C20H22N4O2/c1-26-20-17(13-21)18(9-10-22-20)23-16-12-19(25)24(14-16)11-5-8-15-6-3-2-4-7-15/h2-4,6-7,9-10,16H,5,8,11-12,14H2,1H3,(H,22,23)/t16-/m1/s1. The molecule has 2 heterocycles. The van der Waals surface area contributed by atoms with Gasteiger partial charge in [0, 0.05) is 25.7 Å². The second-order valence-electron chi connectivity index (χ2n) is 6.33. The zero-order chi connectivity index (χ0) is 18.4. The van der Waals surface area contributed by atoms with E-state index in [4.69, 9.17) is 4.74 Å². The number of nitriles is 1. The lowest BCUT2D eigenvalue weighted by atomic mass is 10.1. The number of nitrogens with zero attached hydrogens (tertiary/aromatic N) is 3. The van der Waals surface area contributed by atoms with E-state index in [1.54, 1.807) is 12.3 Å². The molecule has 0 aliphatic carbocycles. The Balaban J connectivity index is 1.56. The maximum absolute atomic E-state index is 12.3. The van der Waals surface area contributed by atoms with Crippen LogP contribution in [0, 0.1) is 11.3 Å². The number of amides is 1. The van der Waals surface area contributed by atoms with Crippen LogP contribution in [0.1, 0.15) is 24.0 Å². The molecule has 6 nitrogen and oxygen atoms in total. The topological polar surface area (TPSA) is 78.2 Å². The molecule has 0 radical (unpaired) electrons. The number of aryl methyl sites for hydroxylation is 1. The fraction of sp³-hybridized carbons (Fsp3) is 0.350. The molecule has 1 atom stereocenters. The maximum Gasteiger partial charge on any atom is 0.233 e. The molecular formula is C20H22N4O2. The summed E-state index contributed by atoms with van der Waals surface area (Å²) in [7, 11) is 1.49. The lowest BCUT2D eigenvalue weighted by molar-refractivity contribution is -0.127. The number of anilines is 1. The minimum absolute atomic E-state index is 0.0153. The molecule has 1 aromatic heterocycles. The van der Waals surface area contributed by atoms with Crippen LogP contribution in [0.25, 0.3) is 0 Å². The predicted octanol–water partition coefficient (Wildman–Crippen LogP) is 2.61. The quantitative estimate of drug-likeness (QED) is 0.830. The molecular weight excluding hydrogens is 328 g/mol. The number of carbonyl (C=O) groups excluding carboxylic acids is 1. The third kappa shape index (κ3) is 4.12. The molecule has 1 saturated heterocycles. The van der Waals surface area contributed by atoms with Crippen LogP contribution < -0.4 is 10.1 Å². The van der Waals surface area contributed by atoms with Gasteiger partial charge in [-0.3, -0.25) is 4.79 Å². The maximum atomic E-state index is 12.3. The van der Waals surface area contributed by atoms with Gasteiger partial charge in [-0.2, -0.15) is 5.26 Å². The van der Waals surface area contributed by atoms with Gasteiger partial charge in [-0.1, -0.05) is 30.3 Å². The van der Waals surface area contributed by atoms with Gasteiger partial charge in [-0.15, -0.1) is 0 Å². The minimum atomic E-state index is -0.0153. The summed E-state index contributed by atoms with van der Waals surface area (Å²) in [5, 5.41) is 12.6. The molecule has 1 fully saturated rings. The number of hydrogen-bond acceptors (Lipinski definition) is 5. The number of hydrogen-bond donors (Lipinski definition) is 1. The average Bonchev–Trinajstić information content (AvgIpc) is 3.01. The first-order valence-electron chi connectivity index (χ1n) is 8.72. The van der Waals surface area contributed by atoms with E-state index in [2.05, 4.69) is 28.5 Å². The number of benzene rings is 1.